The van der Waals surface area contributed by atoms with Gasteiger partial charge in [0.1, 0.15) is 19.3 Å². The van der Waals surface area contributed by atoms with E-state index in [9.17, 15) is 19.2 Å². The molecular formula is C24H28N2O7. The van der Waals surface area contributed by atoms with Crippen molar-refractivity contribution in [3.8, 4) is 0 Å². The van der Waals surface area contributed by atoms with Gasteiger partial charge in [-0.3, -0.25) is 4.79 Å². The van der Waals surface area contributed by atoms with Crippen molar-refractivity contribution < 1.29 is 33.4 Å². The molecule has 9 heteroatoms. The maximum atomic E-state index is 12.8. The Balaban J connectivity index is 1.98. The van der Waals surface area contributed by atoms with Gasteiger partial charge in [-0.25, -0.2) is 14.4 Å². The maximum Gasteiger partial charge on any atom is 0.408 e. The fourth-order valence-electron chi connectivity index (χ4n) is 2.80. The van der Waals surface area contributed by atoms with Crippen LogP contribution in [0.3, 0.4) is 0 Å². The summed E-state index contributed by atoms with van der Waals surface area (Å²) in [4.78, 5) is 49.6. The van der Waals surface area contributed by atoms with Gasteiger partial charge in [0.15, 0.2) is 0 Å². The van der Waals surface area contributed by atoms with E-state index >= 15 is 0 Å². The lowest BCUT2D eigenvalue weighted by atomic mass is 10.0. The summed E-state index contributed by atoms with van der Waals surface area (Å²) in [6.45, 7) is 3.33. The van der Waals surface area contributed by atoms with E-state index in [1.54, 1.807) is 50.2 Å². The molecule has 2 aromatic rings. The molecule has 0 heterocycles. The SMILES string of the molecule is COC(=O)[C@@H](NC(=O)[C@@H](NC(=O)OCc1ccccc1)C(C)C)C(=O)OCc1ccccc1. The minimum absolute atomic E-state index is 0.0235. The number of alkyl carbamates (subject to hydrolysis) is 1. The van der Waals surface area contributed by atoms with Gasteiger partial charge >= 0.3 is 18.0 Å². The average molecular weight is 456 g/mol. The van der Waals surface area contributed by atoms with Gasteiger partial charge in [0.05, 0.1) is 7.11 Å². The fraction of sp³-hybridized carbons (Fsp3) is 0.333. The molecule has 0 bridgehead atoms. The lowest BCUT2D eigenvalue weighted by Crippen LogP contribution is -2.56. The van der Waals surface area contributed by atoms with Gasteiger partial charge in [-0.05, 0) is 17.0 Å². The molecule has 0 aliphatic heterocycles. The number of esters is 2. The van der Waals surface area contributed by atoms with Crippen molar-refractivity contribution in [2.45, 2.75) is 39.1 Å². The summed E-state index contributed by atoms with van der Waals surface area (Å²) in [7, 11) is 1.09. The Labute approximate surface area is 192 Å². The molecule has 9 nitrogen and oxygen atoms in total. The first-order chi connectivity index (χ1) is 15.8. The molecule has 2 N–H and O–H groups in total. The lowest BCUT2D eigenvalue weighted by Gasteiger charge is -2.23. The summed E-state index contributed by atoms with van der Waals surface area (Å²) >= 11 is 0. The van der Waals surface area contributed by atoms with Gasteiger partial charge in [0, 0.05) is 0 Å². The van der Waals surface area contributed by atoms with Crippen LogP contribution in [-0.4, -0.2) is 43.1 Å². The molecule has 33 heavy (non-hydrogen) atoms. The molecule has 0 unspecified atom stereocenters. The zero-order valence-electron chi connectivity index (χ0n) is 18.8. The third kappa shape index (κ3) is 8.29. The molecule has 2 rings (SSSR count). The molecule has 0 fully saturated rings. The van der Waals surface area contributed by atoms with Crippen molar-refractivity contribution in [1.29, 1.82) is 0 Å². The van der Waals surface area contributed by atoms with Gasteiger partial charge in [0.25, 0.3) is 0 Å². The van der Waals surface area contributed by atoms with E-state index in [1.165, 1.54) is 0 Å². The lowest BCUT2D eigenvalue weighted by molar-refractivity contribution is -0.159. The highest BCUT2D eigenvalue weighted by molar-refractivity contribution is 6.03. The summed E-state index contributed by atoms with van der Waals surface area (Å²) in [6.07, 6.45) is -0.811. The molecule has 0 aromatic heterocycles. The van der Waals surface area contributed by atoms with Gasteiger partial charge in [-0.1, -0.05) is 74.5 Å². The summed E-state index contributed by atoms with van der Waals surface area (Å²) in [6, 6.07) is 15.2. The average Bonchev–Trinajstić information content (AvgIpc) is 2.83. The van der Waals surface area contributed by atoms with Crippen molar-refractivity contribution in [2.24, 2.45) is 5.92 Å². The zero-order chi connectivity index (χ0) is 24.2. The Bertz CT molecular complexity index is 932. The minimum Gasteiger partial charge on any atom is -0.467 e. The predicted molar refractivity (Wildman–Crippen MR) is 119 cm³/mol. The number of rotatable bonds is 10. The van der Waals surface area contributed by atoms with E-state index in [0.717, 1.165) is 12.7 Å². The first-order valence-corrected chi connectivity index (χ1v) is 10.4. The second kappa shape index (κ2) is 12.8. The Morgan fingerprint density at radius 2 is 1.27 bits per heavy atom. The van der Waals surface area contributed by atoms with E-state index in [0.29, 0.717) is 5.56 Å². The molecule has 0 radical (unpaired) electrons. The van der Waals surface area contributed by atoms with Crippen molar-refractivity contribution in [3.05, 3.63) is 71.8 Å². The molecule has 0 saturated heterocycles. The van der Waals surface area contributed by atoms with Crippen LogP contribution >= 0.6 is 0 Å². The van der Waals surface area contributed by atoms with Crippen LogP contribution in [0.15, 0.2) is 60.7 Å². The third-order valence-electron chi connectivity index (χ3n) is 4.62. The van der Waals surface area contributed by atoms with E-state index in [4.69, 9.17) is 9.47 Å². The highest BCUT2D eigenvalue weighted by Gasteiger charge is 2.35. The smallest absolute Gasteiger partial charge is 0.408 e. The Morgan fingerprint density at radius 3 is 1.76 bits per heavy atom. The number of hydrogen-bond acceptors (Lipinski definition) is 7. The molecule has 0 aliphatic rings. The van der Waals surface area contributed by atoms with Crippen LogP contribution in [0.1, 0.15) is 25.0 Å². The van der Waals surface area contributed by atoms with Crippen LogP contribution in [0.4, 0.5) is 4.79 Å². The number of amides is 2. The van der Waals surface area contributed by atoms with Crippen molar-refractivity contribution in [1.82, 2.24) is 10.6 Å². The van der Waals surface area contributed by atoms with E-state index in [2.05, 4.69) is 15.4 Å². The molecule has 0 aliphatic carbocycles. The number of carbonyl (C=O) groups is 4. The minimum atomic E-state index is -1.69. The number of carbonyl (C=O) groups excluding carboxylic acids is 4. The highest BCUT2D eigenvalue weighted by Crippen LogP contribution is 2.07. The van der Waals surface area contributed by atoms with Gasteiger partial charge in [-0.15, -0.1) is 0 Å². The highest BCUT2D eigenvalue weighted by atomic mass is 16.6. The first-order valence-electron chi connectivity index (χ1n) is 10.4. The quantitative estimate of drug-likeness (QED) is 0.320. The first kappa shape index (κ1) is 25.4. The topological polar surface area (TPSA) is 120 Å². The van der Waals surface area contributed by atoms with Crippen LogP contribution < -0.4 is 10.6 Å². The number of benzene rings is 2. The number of ether oxygens (including phenoxy) is 3. The number of hydrogen-bond donors (Lipinski definition) is 2. The standard InChI is InChI=1S/C24H28N2O7/c1-16(2)19(26-24(30)33-15-18-12-8-5-9-13-18)21(27)25-20(22(28)31-3)23(29)32-14-17-10-6-4-7-11-17/h4-13,16,19-20H,14-15H2,1-3H3,(H,25,27)(H,26,30)/t19-,20+/m0/s1. The second-order valence-corrected chi connectivity index (χ2v) is 7.49. The summed E-state index contributed by atoms with van der Waals surface area (Å²) < 4.78 is 14.9. The summed E-state index contributed by atoms with van der Waals surface area (Å²) in [5.74, 6) is -3.09. The fourth-order valence-corrected chi connectivity index (χ4v) is 2.80. The van der Waals surface area contributed by atoms with Crippen molar-refractivity contribution in [2.75, 3.05) is 7.11 Å². The Kier molecular flexibility index (Phi) is 9.88. The molecule has 0 saturated carbocycles. The van der Waals surface area contributed by atoms with Gasteiger partial charge < -0.3 is 24.8 Å². The molecule has 176 valence electrons. The molecular weight excluding hydrogens is 428 g/mol. The van der Waals surface area contributed by atoms with Crippen molar-refractivity contribution in [3.63, 3.8) is 0 Å². The largest absolute Gasteiger partial charge is 0.467 e. The third-order valence-corrected chi connectivity index (χ3v) is 4.62. The molecule has 0 spiro atoms. The number of methoxy groups -OCH3 is 1. The van der Waals surface area contributed by atoms with Crippen LogP contribution in [-0.2, 0) is 41.8 Å². The van der Waals surface area contributed by atoms with E-state index in [-0.39, 0.29) is 19.1 Å². The van der Waals surface area contributed by atoms with Crippen LogP contribution in [0, 0.1) is 5.92 Å². The van der Waals surface area contributed by atoms with Crippen LogP contribution in [0.2, 0.25) is 0 Å². The summed E-state index contributed by atoms with van der Waals surface area (Å²) in [5.41, 5.74) is 1.49. The summed E-state index contributed by atoms with van der Waals surface area (Å²) in [5, 5.41) is 4.77. The van der Waals surface area contributed by atoms with Crippen LogP contribution in [0.5, 0.6) is 0 Å². The van der Waals surface area contributed by atoms with Crippen LogP contribution in [0.25, 0.3) is 0 Å². The second-order valence-electron chi connectivity index (χ2n) is 7.49. The monoisotopic (exact) mass is 456 g/mol. The normalized spacial score (nSPS) is 12.2. The Hall–Kier alpha value is -3.88. The van der Waals surface area contributed by atoms with Gasteiger partial charge in [0.2, 0.25) is 11.9 Å². The van der Waals surface area contributed by atoms with E-state index < -0.39 is 36.0 Å². The molecule has 2 atom stereocenters. The molecule has 2 aromatic carbocycles. The number of nitrogens with one attached hydrogen (secondary N) is 2. The van der Waals surface area contributed by atoms with Gasteiger partial charge in [-0.2, -0.15) is 0 Å². The zero-order valence-corrected chi connectivity index (χ0v) is 18.8. The van der Waals surface area contributed by atoms with E-state index in [1.807, 2.05) is 24.3 Å². The molecule has 2 amide bonds. The Morgan fingerprint density at radius 1 is 0.758 bits per heavy atom. The predicted octanol–water partition coefficient (Wildman–Crippen LogP) is 2.34. The van der Waals surface area contributed by atoms with Crippen molar-refractivity contribution >= 4 is 23.9 Å². The maximum absolute atomic E-state index is 12.8.